The highest BCUT2D eigenvalue weighted by Crippen LogP contribution is 2.48. The Hall–Kier alpha value is -3.19. The number of nitriles is 1. The fourth-order valence-corrected chi connectivity index (χ4v) is 7.45. The van der Waals surface area contributed by atoms with Crippen molar-refractivity contribution < 1.29 is 42.2 Å². The van der Waals surface area contributed by atoms with E-state index in [1.165, 1.54) is 70.3 Å². The molecular formula is C37H55N6O9P. The van der Waals surface area contributed by atoms with Gasteiger partial charge in [-0.3, -0.25) is 9.05 Å². The predicted molar refractivity (Wildman–Crippen MR) is 196 cm³/mol. The van der Waals surface area contributed by atoms with Gasteiger partial charge in [-0.1, -0.05) is 77.6 Å². The first-order valence-corrected chi connectivity index (χ1v) is 20.4. The number of rotatable bonds is 24. The Morgan fingerprint density at radius 2 is 1.66 bits per heavy atom. The van der Waals surface area contributed by atoms with Gasteiger partial charge in [0.05, 0.1) is 31.1 Å². The zero-order valence-corrected chi connectivity index (χ0v) is 32.0. The molecule has 3 aromatic heterocycles. The molecule has 0 aliphatic carbocycles. The van der Waals surface area contributed by atoms with E-state index in [-0.39, 0.29) is 25.7 Å². The Kier molecular flexibility index (Phi) is 15.4. The van der Waals surface area contributed by atoms with Gasteiger partial charge in [-0.15, -0.1) is 0 Å². The number of hydrogen-bond donors (Lipinski definition) is 2. The Labute approximate surface area is 312 Å². The minimum atomic E-state index is -4.60. The van der Waals surface area contributed by atoms with Crippen LogP contribution >= 0.6 is 7.82 Å². The largest absolute Gasteiger partial charge is 0.472 e. The van der Waals surface area contributed by atoms with Crippen LogP contribution in [0.1, 0.15) is 115 Å². The van der Waals surface area contributed by atoms with Crippen molar-refractivity contribution in [3.05, 3.63) is 48.0 Å². The lowest BCUT2D eigenvalue weighted by Gasteiger charge is -2.25. The van der Waals surface area contributed by atoms with Crippen molar-refractivity contribution in [2.75, 3.05) is 32.2 Å². The van der Waals surface area contributed by atoms with Crippen molar-refractivity contribution in [1.29, 1.82) is 5.26 Å². The van der Waals surface area contributed by atoms with Crippen LogP contribution in [-0.4, -0.2) is 81.1 Å². The van der Waals surface area contributed by atoms with E-state index in [1.54, 1.807) is 36.6 Å². The number of nitrogen functional groups attached to an aromatic ring is 1. The lowest BCUT2D eigenvalue weighted by Crippen LogP contribution is -2.33. The summed E-state index contributed by atoms with van der Waals surface area (Å²) < 4.78 is 56.1. The third-order valence-corrected chi connectivity index (χ3v) is 10.3. The Bertz CT molecular complexity index is 1650. The average Bonchev–Trinajstić information content (AvgIpc) is 3.81. The van der Waals surface area contributed by atoms with Crippen LogP contribution in [0.4, 0.5) is 5.82 Å². The van der Waals surface area contributed by atoms with E-state index in [2.05, 4.69) is 22.0 Å². The predicted octanol–water partition coefficient (Wildman–Crippen LogP) is 6.84. The van der Waals surface area contributed by atoms with Crippen LogP contribution in [0, 0.1) is 11.3 Å². The topological polar surface area (TPSA) is 195 Å². The number of ether oxygens (including phenoxy) is 5. The molecule has 2 aliphatic rings. The molecule has 3 aromatic rings. The standard InChI is InChI=1S/C37H55N6O9P/c1-4-5-6-7-8-9-10-11-12-13-14-15-20-46-23-28(49-32-19-16-27(21-38)22-40-32)24-47-53(44,45)48-25-31-34-35(52-37(2,3)51-34)33(50-31)29-17-18-30-36(39)41-26-42-43(29)30/h16-19,22,26,28,31,33-35H,4-15,20,23-25H2,1-3H3,(H,44,45)(H2,39,41,42)/t28-,31-,33+,34-,35+/m1/s1. The van der Waals surface area contributed by atoms with Gasteiger partial charge in [0.2, 0.25) is 5.88 Å². The van der Waals surface area contributed by atoms with E-state index in [0.29, 0.717) is 29.2 Å². The molecule has 292 valence electrons. The van der Waals surface area contributed by atoms with Crippen LogP contribution in [0.2, 0.25) is 0 Å². The van der Waals surface area contributed by atoms with Crippen molar-refractivity contribution in [1.82, 2.24) is 19.6 Å². The highest BCUT2D eigenvalue weighted by molar-refractivity contribution is 7.47. The molecule has 0 bridgehead atoms. The van der Waals surface area contributed by atoms with Crippen LogP contribution in [0.15, 0.2) is 36.8 Å². The van der Waals surface area contributed by atoms with Crippen molar-refractivity contribution in [3.8, 4) is 11.9 Å². The number of aromatic nitrogens is 4. The van der Waals surface area contributed by atoms with Gasteiger partial charge < -0.3 is 34.3 Å². The van der Waals surface area contributed by atoms with Gasteiger partial charge in [0.15, 0.2) is 11.6 Å². The van der Waals surface area contributed by atoms with Gasteiger partial charge in [-0.25, -0.2) is 19.0 Å². The smallest absolute Gasteiger partial charge is 0.469 e. The Morgan fingerprint density at radius 1 is 0.962 bits per heavy atom. The first-order chi connectivity index (χ1) is 25.6. The molecule has 0 aromatic carbocycles. The highest BCUT2D eigenvalue weighted by Gasteiger charge is 2.56. The van der Waals surface area contributed by atoms with Crippen LogP contribution in [0.3, 0.4) is 0 Å². The van der Waals surface area contributed by atoms with E-state index in [9.17, 15) is 9.46 Å². The van der Waals surface area contributed by atoms with E-state index in [1.807, 2.05) is 12.1 Å². The third-order valence-electron chi connectivity index (χ3n) is 9.38. The van der Waals surface area contributed by atoms with Crippen molar-refractivity contribution in [3.63, 3.8) is 0 Å². The third kappa shape index (κ3) is 12.2. The van der Waals surface area contributed by atoms with E-state index >= 15 is 0 Å². The molecule has 5 heterocycles. The van der Waals surface area contributed by atoms with Crippen LogP contribution in [0.5, 0.6) is 5.88 Å². The van der Waals surface area contributed by atoms with E-state index < -0.39 is 44.1 Å². The molecule has 2 aliphatic heterocycles. The molecule has 3 N–H and O–H groups in total. The summed E-state index contributed by atoms with van der Waals surface area (Å²) in [6.45, 7) is 5.80. The SMILES string of the molecule is CCCCCCCCCCCCCCOC[C@H](COP(=O)(O)OC[C@H]1O[C@@H](c2ccc3c(N)ncnn23)[C@@H]2OC(C)(C)O[C@@H]21)Oc1ccc(C#N)cn1. The minimum Gasteiger partial charge on any atom is -0.469 e. The number of unbranched alkanes of at least 4 members (excludes halogenated alkanes) is 11. The number of fused-ring (bicyclic) bond motifs is 2. The maximum atomic E-state index is 13.2. The monoisotopic (exact) mass is 758 g/mol. The van der Waals surface area contributed by atoms with Crippen LogP contribution in [-0.2, 0) is 32.6 Å². The van der Waals surface area contributed by atoms with Gasteiger partial charge in [0.1, 0.15) is 48.4 Å². The maximum absolute atomic E-state index is 13.2. The molecule has 0 amide bonds. The van der Waals surface area contributed by atoms with Gasteiger partial charge in [0, 0.05) is 18.9 Å². The van der Waals surface area contributed by atoms with Crippen molar-refractivity contribution in [2.45, 2.75) is 134 Å². The fourth-order valence-electron chi connectivity index (χ4n) is 6.69. The number of phosphoric acid groups is 1. The first-order valence-electron chi connectivity index (χ1n) is 18.9. The lowest BCUT2D eigenvalue weighted by molar-refractivity contribution is -0.191. The summed E-state index contributed by atoms with van der Waals surface area (Å²) in [6, 6.07) is 8.75. The molecule has 5 rings (SSSR count). The summed E-state index contributed by atoms with van der Waals surface area (Å²) >= 11 is 0. The molecule has 16 heteroatoms. The number of pyridine rings is 1. The molecule has 2 fully saturated rings. The minimum absolute atomic E-state index is 0.0937. The number of anilines is 1. The number of nitrogens with two attached hydrogens (primary N) is 1. The number of nitrogens with zero attached hydrogens (tertiary/aromatic N) is 5. The average molecular weight is 759 g/mol. The van der Waals surface area contributed by atoms with E-state index in [4.69, 9.17) is 43.7 Å². The summed E-state index contributed by atoms with van der Waals surface area (Å²) in [5.41, 5.74) is 7.68. The number of phosphoric ester groups is 1. The fraction of sp³-hybridized carbons (Fsp3) is 0.676. The van der Waals surface area contributed by atoms with Gasteiger partial charge in [-0.05, 0) is 38.5 Å². The molecule has 15 nitrogen and oxygen atoms in total. The van der Waals surface area contributed by atoms with Gasteiger partial charge >= 0.3 is 7.82 Å². The maximum Gasteiger partial charge on any atom is 0.472 e. The van der Waals surface area contributed by atoms with Gasteiger partial charge in [0.25, 0.3) is 0 Å². The molecule has 0 radical (unpaired) electrons. The molecule has 1 unspecified atom stereocenters. The normalized spacial score (nSPS) is 22.4. The van der Waals surface area contributed by atoms with Crippen molar-refractivity contribution in [2.24, 2.45) is 0 Å². The second-order valence-corrected chi connectivity index (χ2v) is 15.6. The molecule has 0 saturated carbocycles. The summed E-state index contributed by atoms with van der Waals surface area (Å²) in [5.74, 6) is -0.384. The summed E-state index contributed by atoms with van der Waals surface area (Å²) in [7, 11) is -4.60. The number of hydrogen-bond acceptors (Lipinski definition) is 13. The van der Waals surface area contributed by atoms with Gasteiger partial charge in [-0.2, -0.15) is 10.4 Å². The second kappa shape index (κ2) is 19.9. The molecule has 2 saturated heterocycles. The van der Waals surface area contributed by atoms with E-state index in [0.717, 1.165) is 19.3 Å². The molecule has 6 atom stereocenters. The van der Waals surface area contributed by atoms with Crippen molar-refractivity contribution >= 4 is 19.2 Å². The Balaban J connectivity index is 1.09. The van der Waals surface area contributed by atoms with Crippen LogP contribution < -0.4 is 10.5 Å². The lowest BCUT2D eigenvalue weighted by atomic mass is 10.1. The zero-order chi connectivity index (χ0) is 37.7. The Morgan fingerprint density at radius 3 is 2.34 bits per heavy atom. The summed E-state index contributed by atoms with van der Waals surface area (Å²) in [4.78, 5) is 18.9. The summed E-state index contributed by atoms with van der Waals surface area (Å²) in [6.07, 6.45) is 14.3. The molecule has 53 heavy (non-hydrogen) atoms. The quantitative estimate of drug-likeness (QED) is 0.0712. The molecule has 0 spiro atoms. The second-order valence-electron chi connectivity index (χ2n) is 14.1. The zero-order valence-electron chi connectivity index (χ0n) is 31.1. The van der Waals surface area contributed by atoms with Crippen LogP contribution in [0.25, 0.3) is 5.52 Å². The first kappa shape index (κ1) is 41.0. The highest BCUT2D eigenvalue weighted by atomic mass is 31.2. The molecular weight excluding hydrogens is 703 g/mol. The summed E-state index contributed by atoms with van der Waals surface area (Å²) in [5, 5.41) is 13.4.